The van der Waals surface area contributed by atoms with Gasteiger partial charge in [-0.05, 0) is 53.2 Å². The number of halogens is 3. The fourth-order valence-corrected chi connectivity index (χ4v) is 6.79. The van der Waals surface area contributed by atoms with Crippen molar-refractivity contribution in [1.82, 2.24) is 0 Å². The Balaban J connectivity index is 2.17. The van der Waals surface area contributed by atoms with E-state index in [1.807, 2.05) is 0 Å². The van der Waals surface area contributed by atoms with E-state index in [9.17, 15) is 30.0 Å². The Bertz CT molecular complexity index is 1110. The summed E-state index contributed by atoms with van der Waals surface area (Å²) < 4.78 is 88.7. The molecule has 1 heterocycles. The highest BCUT2D eigenvalue weighted by Crippen LogP contribution is 2.37. The summed E-state index contributed by atoms with van der Waals surface area (Å²) in [5.74, 6) is 0. The molecule has 2 aromatic rings. The lowest BCUT2D eigenvalue weighted by Crippen LogP contribution is -2.12. The van der Waals surface area contributed by atoms with Crippen LogP contribution in [0, 0.1) is 0 Å². The molecule has 0 bridgehead atoms. The van der Waals surface area contributed by atoms with Crippen molar-refractivity contribution in [2.45, 2.75) is 25.8 Å². The van der Waals surface area contributed by atoms with Gasteiger partial charge in [0, 0.05) is 9.79 Å². The molecule has 25 heavy (non-hydrogen) atoms. The van der Waals surface area contributed by atoms with E-state index in [-0.39, 0.29) is 19.6 Å². The summed E-state index contributed by atoms with van der Waals surface area (Å²) >= 11 is 0. The second-order valence-electron chi connectivity index (χ2n) is 5.01. The molecular formula is C13H9F3N2O4S3. The molecule has 134 valence electrons. The SMILES string of the molecule is NS(=O)(=O)c1ccc2c(c1)S(c1ccc(C(F)(F)F)cc1)=NS2(=O)=O. The number of sulfonamides is 2. The fraction of sp³-hybridized carbons (Fsp3) is 0.0769. The molecule has 3 rings (SSSR count). The number of hydrogen-bond acceptors (Lipinski definition) is 4. The number of benzene rings is 2. The molecule has 0 saturated carbocycles. The van der Waals surface area contributed by atoms with Crippen molar-refractivity contribution in [3.8, 4) is 0 Å². The largest absolute Gasteiger partial charge is 0.416 e. The second-order valence-corrected chi connectivity index (χ2v) is 10.0. The van der Waals surface area contributed by atoms with Crippen LogP contribution in [0.2, 0.25) is 0 Å². The van der Waals surface area contributed by atoms with Gasteiger partial charge in [0.25, 0.3) is 10.0 Å². The van der Waals surface area contributed by atoms with Crippen LogP contribution in [0.4, 0.5) is 13.2 Å². The van der Waals surface area contributed by atoms with Gasteiger partial charge in [0.1, 0.15) is 4.90 Å². The number of hydrogen-bond donors (Lipinski definition) is 1. The molecule has 1 aliphatic rings. The molecule has 2 N–H and O–H groups in total. The molecule has 0 aromatic heterocycles. The monoisotopic (exact) mass is 410 g/mol. The molecule has 1 unspecified atom stereocenters. The number of rotatable bonds is 2. The first-order chi connectivity index (χ1) is 11.4. The Morgan fingerprint density at radius 1 is 1.04 bits per heavy atom. The normalized spacial score (nSPS) is 19.3. The summed E-state index contributed by atoms with van der Waals surface area (Å²) in [6, 6.07) is 7.05. The summed E-state index contributed by atoms with van der Waals surface area (Å²) in [7, 11) is -9.56. The van der Waals surface area contributed by atoms with Crippen LogP contribution in [-0.2, 0) is 36.9 Å². The van der Waals surface area contributed by atoms with E-state index in [1.54, 1.807) is 0 Å². The smallest absolute Gasteiger partial charge is 0.225 e. The molecule has 0 fully saturated rings. The molecule has 2 aromatic carbocycles. The van der Waals surface area contributed by atoms with Gasteiger partial charge < -0.3 is 0 Å². The van der Waals surface area contributed by atoms with Crippen molar-refractivity contribution >= 4 is 30.7 Å². The Labute approximate surface area is 143 Å². The zero-order valence-corrected chi connectivity index (χ0v) is 14.5. The van der Waals surface area contributed by atoms with Gasteiger partial charge in [0.15, 0.2) is 0 Å². The summed E-state index contributed by atoms with van der Waals surface area (Å²) in [4.78, 5) is -0.209. The zero-order chi connectivity index (χ0) is 18.6. The minimum absolute atomic E-state index is 0.0753. The second kappa shape index (κ2) is 5.62. The first-order valence-electron chi connectivity index (χ1n) is 6.46. The number of alkyl halides is 3. The molecule has 1 aliphatic heterocycles. The Morgan fingerprint density at radius 2 is 1.64 bits per heavy atom. The molecule has 6 nitrogen and oxygen atoms in total. The Kier molecular flexibility index (Phi) is 4.06. The van der Waals surface area contributed by atoms with Crippen molar-refractivity contribution in [2.75, 3.05) is 0 Å². The predicted molar refractivity (Wildman–Crippen MR) is 82.8 cm³/mol. The molecule has 12 heteroatoms. The van der Waals surface area contributed by atoms with Crippen LogP contribution in [0.1, 0.15) is 5.56 Å². The van der Waals surface area contributed by atoms with Gasteiger partial charge in [-0.25, -0.2) is 13.6 Å². The summed E-state index contributed by atoms with van der Waals surface area (Å²) in [5, 5.41) is 5.04. The fourth-order valence-electron chi connectivity index (χ4n) is 2.15. The van der Waals surface area contributed by atoms with E-state index in [2.05, 4.69) is 3.77 Å². The van der Waals surface area contributed by atoms with Gasteiger partial charge in [-0.1, -0.05) is 0 Å². The maximum atomic E-state index is 12.6. The van der Waals surface area contributed by atoms with E-state index in [1.165, 1.54) is 0 Å². The molecule has 1 atom stereocenters. The minimum Gasteiger partial charge on any atom is -0.225 e. The highest BCUT2D eigenvalue weighted by Gasteiger charge is 2.32. The summed E-state index contributed by atoms with van der Waals surface area (Å²) in [6.07, 6.45) is -4.53. The van der Waals surface area contributed by atoms with Crippen molar-refractivity contribution in [3.63, 3.8) is 0 Å². The van der Waals surface area contributed by atoms with Crippen molar-refractivity contribution in [3.05, 3.63) is 48.0 Å². The lowest BCUT2D eigenvalue weighted by molar-refractivity contribution is -0.137. The molecule has 0 spiro atoms. The van der Waals surface area contributed by atoms with Crippen LogP contribution in [-0.4, -0.2) is 16.8 Å². The highest BCUT2D eigenvalue weighted by molar-refractivity contribution is 8.03. The average molecular weight is 410 g/mol. The molecule has 0 amide bonds. The van der Waals surface area contributed by atoms with Gasteiger partial charge >= 0.3 is 6.18 Å². The predicted octanol–water partition coefficient (Wildman–Crippen LogP) is 2.28. The van der Waals surface area contributed by atoms with Crippen molar-refractivity contribution < 1.29 is 30.0 Å². The standard InChI is InChI=1S/C13H9F3N2O4S3/c14-13(15,16)8-1-3-9(4-2-8)23-11-7-10(24(17,19)20)5-6-12(11)25(21,22)18-23/h1-7H,(H2,17,19,20). The molecular weight excluding hydrogens is 401 g/mol. The van der Waals surface area contributed by atoms with Gasteiger partial charge in [0.2, 0.25) is 10.0 Å². The van der Waals surface area contributed by atoms with Gasteiger partial charge in [0.05, 0.1) is 10.5 Å². The summed E-state index contributed by atoms with van der Waals surface area (Å²) in [5.41, 5.74) is -0.889. The van der Waals surface area contributed by atoms with E-state index >= 15 is 0 Å². The van der Waals surface area contributed by atoms with E-state index < -0.39 is 42.5 Å². The number of nitrogens with two attached hydrogens (primary N) is 1. The van der Waals surface area contributed by atoms with E-state index in [0.717, 1.165) is 42.5 Å². The minimum atomic E-state index is -4.53. The van der Waals surface area contributed by atoms with Gasteiger partial charge in [-0.15, -0.1) is 3.77 Å². The van der Waals surface area contributed by atoms with Crippen LogP contribution in [0.25, 0.3) is 0 Å². The third kappa shape index (κ3) is 3.34. The average Bonchev–Trinajstić information content (AvgIpc) is 2.77. The van der Waals surface area contributed by atoms with E-state index in [4.69, 9.17) is 5.14 Å². The van der Waals surface area contributed by atoms with Gasteiger partial charge in [-0.3, -0.25) is 0 Å². The van der Waals surface area contributed by atoms with Crippen LogP contribution in [0.5, 0.6) is 0 Å². The lowest BCUT2D eigenvalue weighted by Gasteiger charge is -2.09. The van der Waals surface area contributed by atoms with Crippen molar-refractivity contribution in [2.24, 2.45) is 8.91 Å². The molecule has 0 radical (unpaired) electrons. The summed E-state index contributed by atoms with van der Waals surface area (Å²) in [6.45, 7) is 0. The quantitative estimate of drug-likeness (QED) is 0.820. The van der Waals surface area contributed by atoms with Crippen LogP contribution in [0.3, 0.4) is 0 Å². The van der Waals surface area contributed by atoms with Gasteiger partial charge in [-0.2, -0.15) is 21.6 Å². The first-order valence-corrected chi connectivity index (χ1v) is 10.6. The molecule has 0 aliphatic carbocycles. The Morgan fingerprint density at radius 3 is 2.16 bits per heavy atom. The zero-order valence-electron chi connectivity index (χ0n) is 12.1. The lowest BCUT2D eigenvalue weighted by atomic mass is 10.2. The molecule has 0 saturated heterocycles. The third-order valence-electron chi connectivity index (χ3n) is 3.31. The van der Waals surface area contributed by atoms with Crippen LogP contribution in [0.15, 0.2) is 65.8 Å². The van der Waals surface area contributed by atoms with Crippen LogP contribution < -0.4 is 5.14 Å². The third-order valence-corrected chi connectivity index (χ3v) is 8.11. The maximum Gasteiger partial charge on any atom is 0.416 e. The number of fused-ring (bicyclic) bond motifs is 1. The van der Waals surface area contributed by atoms with Crippen molar-refractivity contribution in [1.29, 1.82) is 0 Å². The van der Waals surface area contributed by atoms with E-state index in [0.29, 0.717) is 0 Å². The maximum absolute atomic E-state index is 12.6. The highest BCUT2D eigenvalue weighted by atomic mass is 32.3. The van der Waals surface area contributed by atoms with Crippen LogP contribution >= 0.6 is 0 Å². The number of primary sulfonamides is 1. The Hall–Kier alpha value is -1.76. The number of nitrogens with zero attached hydrogens (tertiary/aromatic N) is 1. The first kappa shape index (κ1) is 18.0. The topological polar surface area (TPSA) is 107 Å².